The van der Waals surface area contributed by atoms with Gasteiger partial charge in [0.05, 0.1) is 11.2 Å². The summed E-state index contributed by atoms with van der Waals surface area (Å²) in [6, 6.07) is 6.98. The van der Waals surface area contributed by atoms with Crippen LogP contribution in [0.2, 0.25) is 0 Å². The number of nitrogens with zero attached hydrogens (tertiary/aromatic N) is 4. The topological polar surface area (TPSA) is 43.2 Å². The van der Waals surface area contributed by atoms with Crippen molar-refractivity contribution in [2.45, 2.75) is 50.4 Å². The molecule has 1 aliphatic carbocycles. The smallest absolute Gasteiger partial charge is 0.406 e. The highest BCUT2D eigenvalue weighted by Crippen LogP contribution is 2.42. The first-order chi connectivity index (χ1) is 14.5. The third-order valence-corrected chi connectivity index (χ3v) is 5.83. The van der Waals surface area contributed by atoms with E-state index in [0.29, 0.717) is 22.6 Å². The van der Waals surface area contributed by atoms with Gasteiger partial charge in [0.25, 0.3) is 0 Å². The van der Waals surface area contributed by atoms with Crippen LogP contribution in [0.5, 0.6) is 5.75 Å². The Bertz CT molecular complexity index is 1040. The lowest BCUT2D eigenvalue weighted by molar-refractivity contribution is -0.139. The molecule has 2 aliphatic rings. The van der Waals surface area contributed by atoms with Gasteiger partial charge in [-0.05, 0) is 31.0 Å². The van der Waals surface area contributed by atoms with Crippen molar-refractivity contribution in [1.29, 1.82) is 0 Å². The number of hydrogen-bond acceptors (Lipinski definition) is 4. The molecule has 2 aromatic heterocycles. The van der Waals surface area contributed by atoms with E-state index in [1.165, 1.54) is 23.6 Å². The van der Waals surface area contributed by atoms with E-state index in [0.717, 1.165) is 37.4 Å². The van der Waals surface area contributed by atoms with E-state index in [1.807, 2.05) is 6.07 Å². The number of anilines is 1. The second-order valence-corrected chi connectivity index (χ2v) is 8.09. The quantitative estimate of drug-likeness (QED) is 0.592. The van der Waals surface area contributed by atoms with Crippen LogP contribution >= 0.6 is 0 Å². The number of aromatic nitrogens is 3. The van der Waals surface area contributed by atoms with Gasteiger partial charge >= 0.3 is 6.18 Å². The van der Waals surface area contributed by atoms with E-state index < -0.39 is 12.7 Å². The van der Waals surface area contributed by atoms with Crippen LogP contribution in [0.3, 0.4) is 0 Å². The summed E-state index contributed by atoms with van der Waals surface area (Å²) in [6.45, 7) is 0.655. The molecular weight excluding hydrogens is 393 g/mol. The van der Waals surface area contributed by atoms with Crippen molar-refractivity contribution in [3.63, 3.8) is 0 Å². The molecule has 5 rings (SSSR count). The molecule has 2 fully saturated rings. The minimum atomic E-state index is -4.25. The Morgan fingerprint density at radius 3 is 2.50 bits per heavy atom. The van der Waals surface area contributed by atoms with E-state index in [-0.39, 0.29) is 6.10 Å². The Kier molecular flexibility index (Phi) is 4.79. The van der Waals surface area contributed by atoms with Crippen LogP contribution < -0.4 is 9.64 Å². The molecule has 1 saturated carbocycles. The summed E-state index contributed by atoms with van der Waals surface area (Å²) in [4.78, 5) is 11.4. The van der Waals surface area contributed by atoms with Crippen molar-refractivity contribution in [3.05, 3.63) is 48.5 Å². The zero-order chi connectivity index (χ0) is 20.7. The Labute approximate surface area is 172 Å². The number of alkyl halides is 3. The second kappa shape index (κ2) is 7.49. The fraction of sp³-hybridized carbons (Fsp3) is 0.455. The number of piperidine rings is 1. The Morgan fingerprint density at radius 2 is 1.77 bits per heavy atom. The number of rotatable bonds is 5. The largest absolute Gasteiger partial charge is 0.490 e. The highest BCUT2D eigenvalue weighted by molar-refractivity contribution is 5.86. The van der Waals surface area contributed by atoms with Gasteiger partial charge in [-0.3, -0.25) is 4.98 Å². The van der Waals surface area contributed by atoms with Crippen LogP contribution in [-0.4, -0.2) is 39.9 Å². The van der Waals surface area contributed by atoms with Gasteiger partial charge < -0.3 is 14.2 Å². The van der Waals surface area contributed by atoms with Crippen LogP contribution in [0.25, 0.3) is 10.9 Å². The molecule has 30 heavy (non-hydrogen) atoms. The fourth-order valence-electron chi connectivity index (χ4n) is 4.22. The molecule has 1 saturated heterocycles. The number of fused-ring (bicyclic) bond motifs is 1. The monoisotopic (exact) mass is 416 g/mol. The molecule has 0 atom stereocenters. The lowest BCUT2D eigenvalue weighted by atomic mass is 10.1. The van der Waals surface area contributed by atoms with E-state index in [9.17, 15) is 13.2 Å². The molecule has 3 heterocycles. The number of hydrogen-bond donors (Lipinski definition) is 0. The van der Waals surface area contributed by atoms with Crippen molar-refractivity contribution in [3.8, 4) is 5.75 Å². The van der Waals surface area contributed by atoms with Crippen LogP contribution in [0.15, 0.2) is 42.9 Å². The van der Waals surface area contributed by atoms with E-state index >= 15 is 0 Å². The maximum atomic E-state index is 12.8. The van der Waals surface area contributed by atoms with E-state index in [4.69, 9.17) is 4.74 Å². The second-order valence-electron chi connectivity index (χ2n) is 8.09. The van der Waals surface area contributed by atoms with Crippen molar-refractivity contribution in [2.75, 3.05) is 18.0 Å². The summed E-state index contributed by atoms with van der Waals surface area (Å²) in [5.41, 5.74) is 1.64. The van der Waals surface area contributed by atoms with Crippen molar-refractivity contribution < 1.29 is 17.9 Å². The highest BCUT2D eigenvalue weighted by Gasteiger charge is 2.32. The molecular formula is C22H23F3N4O. The van der Waals surface area contributed by atoms with Gasteiger partial charge in [-0.2, -0.15) is 13.2 Å². The Morgan fingerprint density at radius 1 is 1.00 bits per heavy atom. The SMILES string of the molecule is FC(F)(F)Cn1ccc2c(OC3CCN(c4nccnc4C4CC4)CC3)cccc21. The molecule has 8 heteroatoms. The van der Waals surface area contributed by atoms with Gasteiger partial charge in [0.1, 0.15) is 18.4 Å². The van der Waals surface area contributed by atoms with Gasteiger partial charge in [-0.15, -0.1) is 0 Å². The lowest BCUT2D eigenvalue weighted by Crippen LogP contribution is -2.39. The molecule has 5 nitrogen and oxygen atoms in total. The summed E-state index contributed by atoms with van der Waals surface area (Å²) in [6.07, 6.45) is 4.79. The molecule has 0 N–H and O–H groups in total. The number of ether oxygens (including phenoxy) is 1. The van der Waals surface area contributed by atoms with Gasteiger partial charge in [-0.25, -0.2) is 4.98 Å². The van der Waals surface area contributed by atoms with Gasteiger partial charge in [0, 0.05) is 55.8 Å². The summed E-state index contributed by atoms with van der Waals surface area (Å²) >= 11 is 0. The molecule has 1 aromatic carbocycles. The standard InChI is InChI=1S/C22H23F3N4O/c23-22(24,25)14-29-13-8-17-18(29)2-1-3-19(17)30-16-6-11-28(12-7-16)21-20(15-4-5-15)26-9-10-27-21/h1-3,8-10,13,15-16H,4-7,11-12,14H2. The third kappa shape index (κ3) is 3.95. The summed E-state index contributed by atoms with van der Waals surface area (Å²) in [7, 11) is 0. The van der Waals surface area contributed by atoms with Gasteiger partial charge in [0.15, 0.2) is 5.82 Å². The number of benzene rings is 1. The van der Waals surface area contributed by atoms with Crippen molar-refractivity contribution in [2.24, 2.45) is 0 Å². The molecule has 0 bridgehead atoms. The molecule has 0 unspecified atom stereocenters. The first-order valence-electron chi connectivity index (χ1n) is 10.3. The zero-order valence-electron chi connectivity index (χ0n) is 16.5. The maximum Gasteiger partial charge on any atom is 0.406 e. The minimum Gasteiger partial charge on any atom is -0.490 e. The Balaban J connectivity index is 1.27. The van der Waals surface area contributed by atoms with Crippen molar-refractivity contribution in [1.82, 2.24) is 14.5 Å². The maximum absolute atomic E-state index is 12.8. The minimum absolute atomic E-state index is 0.0267. The third-order valence-electron chi connectivity index (χ3n) is 5.83. The highest BCUT2D eigenvalue weighted by atomic mass is 19.4. The summed E-state index contributed by atoms with van der Waals surface area (Å²) in [5, 5.41) is 0.717. The van der Waals surface area contributed by atoms with Gasteiger partial charge in [-0.1, -0.05) is 6.07 Å². The fourth-order valence-corrected chi connectivity index (χ4v) is 4.22. The number of halogens is 3. The summed E-state index contributed by atoms with van der Waals surface area (Å²) < 4.78 is 45.9. The molecule has 0 spiro atoms. The first kappa shape index (κ1) is 19.2. The lowest BCUT2D eigenvalue weighted by Gasteiger charge is -2.33. The average molecular weight is 416 g/mol. The predicted octanol–water partition coefficient (Wildman–Crippen LogP) is 4.92. The van der Waals surface area contributed by atoms with E-state index in [1.54, 1.807) is 30.6 Å². The molecule has 158 valence electrons. The first-order valence-corrected chi connectivity index (χ1v) is 10.3. The molecule has 3 aromatic rings. The van der Waals surface area contributed by atoms with E-state index in [2.05, 4.69) is 14.9 Å². The average Bonchev–Trinajstić information content (AvgIpc) is 3.50. The molecule has 1 aliphatic heterocycles. The van der Waals surface area contributed by atoms with Crippen LogP contribution in [-0.2, 0) is 6.54 Å². The molecule has 0 amide bonds. The van der Waals surface area contributed by atoms with Crippen LogP contribution in [0.4, 0.5) is 19.0 Å². The normalized spacial score (nSPS) is 18.2. The van der Waals surface area contributed by atoms with Crippen molar-refractivity contribution >= 4 is 16.7 Å². The predicted molar refractivity (Wildman–Crippen MR) is 108 cm³/mol. The summed E-state index contributed by atoms with van der Waals surface area (Å²) in [5.74, 6) is 2.18. The zero-order valence-corrected chi connectivity index (χ0v) is 16.5. The molecule has 0 radical (unpaired) electrons. The Hall–Kier alpha value is -2.77. The van der Waals surface area contributed by atoms with Gasteiger partial charge in [0.2, 0.25) is 0 Å². The van der Waals surface area contributed by atoms with Crippen LogP contribution in [0, 0.1) is 0 Å². The van der Waals surface area contributed by atoms with Crippen LogP contribution in [0.1, 0.15) is 37.3 Å².